The maximum absolute atomic E-state index is 12.1. The molecule has 27 heavy (non-hydrogen) atoms. The Kier molecular flexibility index (Phi) is 5.66. The monoisotopic (exact) mass is 362 g/mol. The number of benzene rings is 2. The van der Waals surface area contributed by atoms with Gasteiger partial charge in [-0.25, -0.2) is 9.78 Å². The van der Waals surface area contributed by atoms with E-state index in [0.717, 1.165) is 5.69 Å². The molecule has 3 aromatic rings. The van der Waals surface area contributed by atoms with E-state index in [2.05, 4.69) is 46.6 Å². The lowest BCUT2D eigenvalue weighted by molar-refractivity contribution is 0.0527. The summed E-state index contributed by atoms with van der Waals surface area (Å²) < 4.78 is 5.11. The number of anilines is 4. The van der Waals surface area contributed by atoms with E-state index in [1.807, 2.05) is 18.2 Å². The molecule has 0 saturated heterocycles. The van der Waals surface area contributed by atoms with E-state index in [0.29, 0.717) is 29.6 Å². The van der Waals surface area contributed by atoms with Crippen LogP contribution in [0.2, 0.25) is 0 Å². The predicted octanol–water partition coefficient (Wildman–Crippen LogP) is 4.76. The van der Waals surface area contributed by atoms with Crippen LogP contribution in [0.1, 0.15) is 28.4 Å². The van der Waals surface area contributed by atoms with Gasteiger partial charge in [-0.2, -0.15) is 4.98 Å². The SMILES string of the molecule is CCOC(=O)c1ccccc1Nc1ccnc(Nc2ccc(C)c(C)c2)n1. The van der Waals surface area contributed by atoms with Gasteiger partial charge in [-0.3, -0.25) is 0 Å². The van der Waals surface area contributed by atoms with Crippen molar-refractivity contribution in [3.05, 3.63) is 71.4 Å². The first-order valence-electron chi connectivity index (χ1n) is 8.77. The van der Waals surface area contributed by atoms with Crippen LogP contribution in [-0.4, -0.2) is 22.5 Å². The summed E-state index contributed by atoms with van der Waals surface area (Å²) in [6.45, 7) is 6.24. The van der Waals surface area contributed by atoms with Crippen LogP contribution in [0, 0.1) is 13.8 Å². The van der Waals surface area contributed by atoms with Gasteiger partial charge in [-0.1, -0.05) is 18.2 Å². The molecule has 3 rings (SSSR count). The molecule has 0 atom stereocenters. The highest BCUT2D eigenvalue weighted by molar-refractivity contribution is 5.96. The third-order valence-electron chi connectivity index (χ3n) is 4.10. The molecular weight excluding hydrogens is 340 g/mol. The molecule has 6 heteroatoms. The molecule has 1 aromatic heterocycles. The van der Waals surface area contributed by atoms with Crippen molar-refractivity contribution in [2.75, 3.05) is 17.2 Å². The molecule has 2 aromatic carbocycles. The maximum Gasteiger partial charge on any atom is 0.340 e. The topological polar surface area (TPSA) is 76.1 Å². The Hall–Kier alpha value is -3.41. The number of aryl methyl sites for hydroxylation is 2. The van der Waals surface area contributed by atoms with Gasteiger partial charge in [0.05, 0.1) is 17.9 Å². The first-order valence-corrected chi connectivity index (χ1v) is 8.77. The van der Waals surface area contributed by atoms with Crippen molar-refractivity contribution >= 4 is 29.1 Å². The summed E-state index contributed by atoms with van der Waals surface area (Å²) in [4.78, 5) is 20.9. The summed E-state index contributed by atoms with van der Waals surface area (Å²) in [6, 6.07) is 15.0. The summed E-state index contributed by atoms with van der Waals surface area (Å²) in [7, 11) is 0. The Bertz CT molecular complexity index is 956. The first kappa shape index (κ1) is 18.4. The highest BCUT2D eigenvalue weighted by Gasteiger charge is 2.12. The van der Waals surface area contributed by atoms with E-state index in [1.54, 1.807) is 31.3 Å². The van der Waals surface area contributed by atoms with E-state index in [9.17, 15) is 4.79 Å². The van der Waals surface area contributed by atoms with E-state index in [1.165, 1.54) is 11.1 Å². The molecule has 0 fully saturated rings. The number of aromatic nitrogens is 2. The molecular formula is C21H22N4O2. The minimum absolute atomic E-state index is 0.324. The molecule has 0 aliphatic carbocycles. The number of hydrogen-bond acceptors (Lipinski definition) is 6. The Morgan fingerprint density at radius 2 is 1.85 bits per heavy atom. The van der Waals surface area contributed by atoms with Gasteiger partial charge in [0, 0.05) is 11.9 Å². The fourth-order valence-corrected chi connectivity index (χ4v) is 2.55. The Morgan fingerprint density at radius 1 is 1.04 bits per heavy atom. The lowest BCUT2D eigenvalue weighted by Gasteiger charge is -2.12. The quantitative estimate of drug-likeness (QED) is 0.616. The number of carbonyl (C=O) groups is 1. The van der Waals surface area contributed by atoms with Crippen molar-refractivity contribution in [3.8, 4) is 0 Å². The zero-order valence-electron chi connectivity index (χ0n) is 15.6. The van der Waals surface area contributed by atoms with Crippen LogP contribution >= 0.6 is 0 Å². The Balaban J connectivity index is 1.80. The van der Waals surface area contributed by atoms with Gasteiger partial charge in [0.15, 0.2) is 0 Å². The normalized spacial score (nSPS) is 10.3. The second kappa shape index (κ2) is 8.31. The average Bonchev–Trinajstić information content (AvgIpc) is 2.66. The summed E-state index contributed by atoms with van der Waals surface area (Å²) in [5, 5.41) is 6.37. The second-order valence-corrected chi connectivity index (χ2v) is 6.08. The average molecular weight is 362 g/mol. The third-order valence-corrected chi connectivity index (χ3v) is 4.10. The van der Waals surface area contributed by atoms with E-state index in [-0.39, 0.29) is 5.97 Å². The van der Waals surface area contributed by atoms with Crippen LogP contribution < -0.4 is 10.6 Å². The lowest BCUT2D eigenvalue weighted by Crippen LogP contribution is -2.08. The Morgan fingerprint density at radius 3 is 2.63 bits per heavy atom. The van der Waals surface area contributed by atoms with Crippen molar-refractivity contribution in [3.63, 3.8) is 0 Å². The van der Waals surface area contributed by atoms with Crippen molar-refractivity contribution in [2.24, 2.45) is 0 Å². The molecule has 0 aliphatic heterocycles. The van der Waals surface area contributed by atoms with Crippen molar-refractivity contribution in [1.29, 1.82) is 0 Å². The maximum atomic E-state index is 12.1. The van der Waals surface area contributed by atoms with Gasteiger partial charge in [0.2, 0.25) is 5.95 Å². The minimum atomic E-state index is -0.372. The van der Waals surface area contributed by atoms with Gasteiger partial charge < -0.3 is 15.4 Å². The zero-order chi connectivity index (χ0) is 19.2. The van der Waals surface area contributed by atoms with Crippen LogP contribution in [0.25, 0.3) is 0 Å². The van der Waals surface area contributed by atoms with E-state index < -0.39 is 0 Å². The largest absolute Gasteiger partial charge is 0.462 e. The molecule has 0 radical (unpaired) electrons. The zero-order valence-corrected chi connectivity index (χ0v) is 15.6. The van der Waals surface area contributed by atoms with Crippen LogP contribution in [-0.2, 0) is 4.74 Å². The lowest BCUT2D eigenvalue weighted by atomic mass is 10.1. The summed E-state index contributed by atoms with van der Waals surface area (Å²) in [5.74, 6) is 0.674. The van der Waals surface area contributed by atoms with Gasteiger partial charge in [-0.05, 0) is 62.2 Å². The van der Waals surface area contributed by atoms with E-state index >= 15 is 0 Å². The number of nitrogens with one attached hydrogen (secondary N) is 2. The predicted molar refractivity (Wildman–Crippen MR) is 107 cm³/mol. The molecule has 138 valence electrons. The van der Waals surface area contributed by atoms with Gasteiger partial charge in [0.1, 0.15) is 5.82 Å². The number of ether oxygens (including phenoxy) is 1. The van der Waals surface area contributed by atoms with Gasteiger partial charge in [0.25, 0.3) is 0 Å². The molecule has 0 bridgehead atoms. The van der Waals surface area contributed by atoms with Crippen LogP contribution in [0.5, 0.6) is 0 Å². The number of rotatable bonds is 6. The van der Waals surface area contributed by atoms with Crippen molar-refractivity contribution in [1.82, 2.24) is 9.97 Å². The highest BCUT2D eigenvalue weighted by Crippen LogP contribution is 2.22. The summed E-state index contributed by atoms with van der Waals surface area (Å²) in [5.41, 5.74) is 4.43. The van der Waals surface area contributed by atoms with Crippen molar-refractivity contribution in [2.45, 2.75) is 20.8 Å². The number of esters is 1. The third kappa shape index (κ3) is 4.61. The number of carbonyl (C=O) groups excluding carboxylic acids is 1. The van der Waals surface area contributed by atoms with Gasteiger partial charge >= 0.3 is 5.97 Å². The molecule has 0 saturated carbocycles. The molecule has 0 aliphatic rings. The number of hydrogen-bond donors (Lipinski definition) is 2. The number of para-hydroxylation sites is 1. The van der Waals surface area contributed by atoms with Crippen LogP contribution in [0.4, 0.5) is 23.1 Å². The van der Waals surface area contributed by atoms with Crippen molar-refractivity contribution < 1.29 is 9.53 Å². The summed E-state index contributed by atoms with van der Waals surface area (Å²) in [6.07, 6.45) is 1.66. The van der Waals surface area contributed by atoms with Crippen LogP contribution in [0.15, 0.2) is 54.7 Å². The summed E-state index contributed by atoms with van der Waals surface area (Å²) >= 11 is 0. The first-order chi connectivity index (χ1) is 13.1. The van der Waals surface area contributed by atoms with Crippen LogP contribution in [0.3, 0.4) is 0 Å². The fraction of sp³-hybridized carbons (Fsp3) is 0.190. The van der Waals surface area contributed by atoms with Gasteiger partial charge in [-0.15, -0.1) is 0 Å². The minimum Gasteiger partial charge on any atom is -0.462 e. The second-order valence-electron chi connectivity index (χ2n) is 6.08. The Labute approximate surface area is 158 Å². The highest BCUT2D eigenvalue weighted by atomic mass is 16.5. The smallest absolute Gasteiger partial charge is 0.340 e. The molecule has 6 nitrogen and oxygen atoms in total. The number of nitrogens with zero attached hydrogens (tertiary/aromatic N) is 2. The molecule has 0 spiro atoms. The molecule has 0 unspecified atom stereocenters. The molecule has 2 N–H and O–H groups in total. The fourth-order valence-electron chi connectivity index (χ4n) is 2.55. The molecule has 1 heterocycles. The van der Waals surface area contributed by atoms with E-state index in [4.69, 9.17) is 4.74 Å². The molecule has 0 amide bonds. The standard InChI is InChI=1S/C21H22N4O2/c1-4-27-20(26)17-7-5-6-8-18(17)24-19-11-12-22-21(25-19)23-16-10-9-14(2)15(3)13-16/h5-13H,4H2,1-3H3,(H2,22,23,24,25).